The first-order chi connectivity index (χ1) is 8.79. The summed E-state index contributed by atoms with van der Waals surface area (Å²) < 4.78 is 5.04. The molecule has 5 heteroatoms. The summed E-state index contributed by atoms with van der Waals surface area (Å²) in [5.74, 6) is 0.850. The topological polar surface area (TPSA) is 55.1 Å². The van der Waals surface area contributed by atoms with Crippen molar-refractivity contribution in [2.45, 2.75) is 0 Å². The number of aromatic nitrogens is 1. The lowest BCUT2D eigenvalue weighted by Crippen LogP contribution is -2.01. The van der Waals surface area contributed by atoms with Crippen molar-refractivity contribution in [1.29, 1.82) is 0 Å². The molecule has 2 aromatic rings. The van der Waals surface area contributed by atoms with Gasteiger partial charge in [0.2, 0.25) is 5.78 Å². The Hall–Kier alpha value is -2.01. The monoisotopic (exact) mass is 260 g/mol. The second kappa shape index (κ2) is 6.07. The van der Waals surface area contributed by atoms with Gasteiger partial charge in [0, 0.05) is 12.3 Å². The first kappa shape index (κ1) is 12.4. The highest BCUT2D eigenvalue weighted by molar-refractivity contribution is 8.02. The van der Waals surface area contributed by atoms with Crippen molar-refractivity contribution in [3.05, 3.63) is 59.7 Å². The van der Waals surface area contributed by atoms with Crippen LogP contribution in [0.5, 0.6) is 0 Å². The molecule has 1 N–H and O–H groups in total. The molecule has 4 nitrogen and oxygen atoms in total. The van der Waals surface area contributed by atoms with Crippen LogP contribution in [-0.2, 0) is 0 Å². The molecule has 0 atom stereocenters. The molecule has 0 aromatic carbocycles. The standard InChI is InChI=1S/C13H12N2O2S/c1-18-13(15-12-6-2-3-7-14-12)9-10(16)11-5-4-8-17-11/h2-9H,1H3,(H,14,15)/b13-9-. The predicted molar refractivity (Wildman–Crippen MR) is 72.5 cm³/mol. The van der Waals surface area contributed by atoms with Gasteiger partial charge in [-0.3, -0.25) is 4.79 Å². The van der Waals surface area contributed by atoms with Gasteiger partial charge in [0.15, 0.2) is 5.76 Å². The van der Waals surface area contributed by atoms with Crippen molar-refractivity contribution in [2.24, 2.45) is 0 Å². The van der Waals surface area contributed by atoms with Crippen LogP contribution >= 0.6 is 11.8 Å². The van der Waals surface area contributed by atoms with E-state index in [9.17, 15) is 4.79 Å². The van der Waals surface area contributed by atoms with Crippen LogP contribution in [0.25, 0.3) is 0 Å². The maximum atomic E-state index is 11.8. The zero-order chi connectivity index (χ0) is 12.8. The summed E-state index contributed by atoms with van der Waals surface area (Å²) in [6.45, 7) is 0. The van der Waals surface area contributed by atoms with Gasteiger partial charge < -0.3 is 9.73 Å². The fraction of sp³-hybridized carbons (Fsp3) is 0.0769. The first-order valence-corrected chi connectivity index (χ1v) is 6.53. The van der Waals surface area contributed by atoms with Gasteiger partial charge in [-0.15, -0.1) is 11.8 Å². The molecule has 0 fully saturated rings. The fourth-order valence-corrected chi connectivity index (χ4v) is 1.75. The molecule has 2 aromatic heterocycles. The summed E-state index contributed by atoms with van der Waals surface area (Å²) in [7, 11) is 0. The van der Waals surface area contributed by atoms with Crippen LogP contribution in [0.4, 0.5) is 5.82 Å². The Labute approximate surface area is 109 Å². The van der Waals surface area contributed by atoms with Gasteiger partial charge in [-0.05, 0) is 30.5 Å². The van der Waals surface area contributed by atoms with E-state index in [-0.39, 0.29) is 5.78 Å². The number of anilines is 1. The first-order valence-electron chi connectivity index (χ1n) is 5.31. The average molecular weight is 260 g/mol. The Balaban J connectivity index is 2.11. The zero-order valence-electron chi connectivity index (χ0n) is 9.79. The highest BCUT2D eigenvalue weighted by Crippen LogP contribution is 2.16. The third-order valence-electron chi connectivity index (χ3n) is 2.16. The molecule has 0 aliphatic carbocycles. The molecule has 2 rings (SSSR count). The number of rotatable bonds is 5. The van der Waals surface area contributed by atoms with E-state index in [0.717, 1.165) is 5.03 Å². The maximum absolute atomic E-state index is 11.8. The SMILES string of the molecule is CS/C(=C\C(=O)c1ccco1)Nc1ccccn1. The Bertz CT molecular complexity index is 535. The number of furan rings is 1. The molecule has 0 saturated heterocycles. The number of ketones is 1. The fourth-order valence-electron chi connectivity index (χ4n) is 1.32. The minimum atomic E-state index is -0.173. The summed E-state index contributed by atoms with van der Waals surface area (Å²) in [4.78, 5) is 16.0. The van der Waals surface area contributed by atoms with E-state index < -0.39 is 0 Å². The molecule has 0 spiro atoms. The Morgan fingerprint density at radius 2 is 2.28 bits per heavy atom. The number of allylic oxidation sites excluding steroid dienone is 1. The number of hydrogen-bond donors (Lipinski definition) is 1. The summed E-state index contributed by atoms with van der Waals surface area (Å²) >= 11 is 1.44. The van der Waals surface area contributed by atoms with Gasteiger partial charge in [-0.25, -0.2) is 4.98 Å². The highest BCUT2D eigenvalue weighted by Gasteiger charge is 2.07. The van der Waals surface area contributed by atoms with E-state index in [0.29, 0.717) is 11.6 Å². The average Bonchev–Trinajstić information content (AvgIpc) is 2.93. The van der Waals surface area contributed by atoms with Crippen LogP contribution in [0.15, 0.2) is 58.3 Å². The van der Waals surface area contributed by atoms with Gasteiger partial charge in [-0.2, -0.15) is 0 Å². The summed E-state index contributed by atoms with van der Waals surface area (Å²) in [5.41, 5.74) is 0. The lowest BCUT2D eigenvalue weighted by atomic mass is 10.3. The second-order valence-corrected chi connectivity index (χ2v) is 4.24. The normalized spacial score (nSPS) is 11.3. The molecule has 0 amide bonds. The quantitative estimate of drug-likeness (QED) is 0.661. The number of hydrogen-bond acceptors (Lipinski definition) is 5. The third kappa shape index (κ3) is 3.24. The van der Waals surface area contributed by atoms with E-state index >= 15 is 0 Å². The van der Waals surface area contributed by atoms with E-state index in [1.807, 2.05) is 24.5 Å². The summed E-state index contributed by atoms with van der Waals surface area (Å²) in [5, 5.41) is 3.79. The van der Waals surface area contributed by atoms with Crippen molar-refractivity contribution in [1.82, 2.24) is 4.98 Å². The number of nitrogens with zero attached hydrogens (tertiary/aromatic N) is 1. The Morgan fingerprint density at radius 3 is 2.89 bits per heavy atom. The maximum Gasteiger partial charge on any atom is 0.223 e. The predicted octanol–water partition coefficient (Wildman–Crippen LogP) is 3.17. The zero-order valence-corrected chi connectivity index (χ0v) is 10.6. The molecule has 0 radical (unpaired) electrons. The third-order valence-corrected chi connectivity index (χ3v) is 2.82. The summed E-state index contributed by atoms with van der Waals surface area (Å²) in [6, 6.07) is 8.87. The molecule has 92 valence electrons. The van der Waals surface area contributed by atoms with Crippen molar-refractivity contribution in [2.75, 3.05) is 11.6 Å². The van der Waals surface area contributed by atoms with Crippen molar-refractivity contribution in [3.63, 3.8) is 0 Å². The molecule has 0 unspecified atom stereocenters. The smallest absolute Gasteiger partial charge is 0.223 e. The Kier molecular flexibility index (Phi) is 4.20. The molecule has 18 heavy (non-hydrogen) atoms. The van der Waals surface area contributed by atoms with Gasteiger partial charge in [0.05, 0.1) is 11.3 Å². The van der Waals surface area contributed by atoms with Gasteiger partial charge >= 0.3 is 0 Å². The minimum absolute atomic E-state index is 0.173. The molecule has 0 aliphatic rings. The lowest BCUT2D eigenvalue weighted by molar-refractivity contribution is 0.102. The van der Waals surface area contributed by atoms with E-state index in [4.69, 9.17) is 4.42 Å². The molecule has 0 aliphatic heterocycles. The minimum Gasteiger partial charge on any atom is -0.461 e. The van der Waals surface area contributed by atoms with Gasteiger partial charge in [0.25, 0.3) is 0 Å². The number of carbonyl (C=O) groups is 1. The summed E-state index contributed by atoms with van der Waals surface area (Å²) in [6.07, 6.45) is 6.55. The molecular formula is C13H12N2O2S. The van der Waals surface area contributed by atoms with Crippen LogP contribution in [0.3, 0.4) is 0 Å². The highest BCUT2D eigenvalue weighted by atomic mass is 32.2. The van der Waals surface area contributed by atoms with Crippen molar-refractivity contribution >= 4 is 23.4 Å². The van der Waals surface area contributed by atoms with Gasteiger partial charge in [0.1, 0.15) is 5.82 Å². The van der Waals surface area contributed by atoms with Crippen LogP contribution < -0.4 is 5.32 Å². The molecule has 2 heterocycles. The second-order valence-electron chi connectivity index (χ2n) is 3.39. The molecule has 0 bridgehead atoms. The molecule has 0 saturated carbocycles. The van der Waals surface area contributed by atoms with Crippen LogP contribution in [-0.4, -0.2) is 17.0 Å². The molecular weight excluding hydrogens is 248 g/mol. The van der Waals surface area contributed by atoms with E-state index in [1.165, 1.54) is 24.1 Å². The number of carbonyl (C=O) groups excluding carboxylic acids is 1. The van der Waals surface area contributed by atoms with Crippen LogP contribution in [0.2, 0.25) is 0 Å². The van der Waals surface area contributed by atoms with Crippen molar-refractivity contribution in [3.8, 4) is 0 Å². The number of pyridine rings is 1. The number of thioether (sulfide) groups is 1. The van der Waals surface area contributed by atoms with E-state index in [2.05, 4.69) is 10.3 Å². The van der Waals surface area contributed by atoms with Crippen molar-refractivity contribution < 1.29 is 9.21 Å². The number of nitrogens with one attached hydrogen (secondary N) is 1. The lowest BCUT2D eigenvalue weighted by Gasteiger charge is -2.06. The Morgan fingerprint density at radius 1 is 1.39 bits per heavy atom. The largest absolute Gasteiger partial charge is 0.461 e. The van der Waals surface area contributed by atoms with E-state index in [1.54, 1.807) is 18.3 Å². The van der Waals surface area contributed by atoms with Crippen LogP contribution in [0, 0.1) is 0 Å². The van der Waals surface area contributed by atoms with Gasteiger partial charge in [-0.1, -0.05) is 6.07 Å². The van der Waals surface area contributed by atoms with Crippen LogP contribution in [0.1, 0.15) is 10.6 Å².